The lowest BCUT2D eigenvalue weighted by molar-refractivity contribution is 0.269. The number of fused-ring (bicyclic) bond motifs is 1. The number of hydrogen-bond acceptors (Lipinski definition) is 3. The van der Waals surface area contributed by atoms with Gasteiger partial charge in [0, 0.05) is 18.0 Å². The van der Waals surface area contributed by atoms with Gasteiger partial charge in [-0.1, -0.05) is 17.7 Å². The van der Waals surface area contributed by atoms with Gasteiger partial charge in [0.05, 0.1) is 12.3 Å². The summed E-state index contributed by atoms with van der Waals surface area (Å²) in [5.74, 6) is 0.653. The highest BCUT2D eigenvalue weighted by molar-refractivity contribution is 6.34. The normalized spacial score (nSPS) is 20.6. The van der Waals surface area contributed by atoms with Crippen LogP contribution in [0.3, 0.4) is 0 Å². The molecule has 0 unspecified atom stereocenters. The minimum Gasteiger partial charge on any atom is -0.492 e. The molecule has 0 aliphatic carbocycles. The Morgan fingerprint density at radius 2 is 2.23 bits per heavy atom. The molecule has 1 aromatic carbocycles. The van der Waals surface area contributed by atoms with Crippen LogP contribution < -0.4 is 16.2 Å². The minimum atomic E-state index is 0.0156. The molecule has 1 aromatic rings. The van der Waals surface area contributed by atoms with E-state index in [-0.39, 0.29) is 6.04 Å². The van der Waals surface area contributed by atoms with Crippen LogP contribution in [0.25, 0.3) is 0 Å². The summed E-state index contributed by atoms with van der Waals surface area (Å²) in [7, 11) is 0. The number of nitrogens with two attached hydrogens (primary N) is 2. The van der Waals surface area contributed by atoms with Crippen molar-refractivity contribution in [2.75, 3.05) is 12.3 Å². The van der Waals surface area contributed by atoms with Crippen LogP contribution in [-0.4, -0.2) is 6.61 Å². The molecule has 0 saturated carbocycles. The second-order valence-corrected chi connectivity index (χ2v) is 3.51. The quantitative estimate of drug-likeness (QED) is 0.624. The van der Waals surface area contributed by atoms with Crippen molar-refractivity contribution in [1.82, 2.24) is 0 Å². The molecule has 3 nitrogen and oxygen atoms in total. The first-order valence-corrected chi connectivity index (χ1v) is 4.54. The second kappa shape index (κ2) is 3.09. The number of nitrogen functional groups attached to an aromatic ring is 1. The van der Waals surface area contributed by atoms with Gasteiger partial charge in [-0.05, 0) is 6.07 Å². The van der Waals surface area contributed by atoms with Gasteiger partial charge < -0.3 is 16.2 Å². The summed E-state index contributed by atoms with van der Waals surface area (Å²) >= 11 is 5.97. The van der Waals surface area contributed by atoms with Gasteiger partial charge in [-0.2, -0.15) is 0 Å². The van der Waals surface area contributed by atoms with Gasteiger partial charge >= 0.3 is 0 Å². The summed E-state index contributed by atoms with van der Waals surface area (Å²) < 4.78 is 5.41. The third kappa shape index (κ3) is 1.34. The molecule has 1 heterocycles. The molecule has 0 aromatic heterocycles. The van der Waals surface area contributed by atoms with Gasteiger partial charge in [0.1, 0.15) is 10.8 Å². The first-order valence-electron chi connectivity index (χ1n) is 4.16. The highest BCUT2D eigenvalue weighted by Crippen LogP contribution is 2.39. The molecule has 4 N–H and O–H groups in total. The lowest BCUT2D eigenvalue weighted by atomic mass is 10.0. The molecule has 0 saturated heterocycles. The molecular weight excluding hydrogens is 188 g/mol. The van der Waals surface area contributed by atoms with Crippen molar-refractivity contribution in [3.63, 3.8) is 0 Å². The maximum absolute atomic E-state index is 5.97. The molecular formula is C9H11ClN2O. The second-order valence-electron chi connectivity index (χ2n) is 3.13. The van der Waals surface area contributed by atoms with Crippen LogP contribution in [0, 0.1) is 0 Å². The van der Waals surface area contributed by atoms with E-state index in [1.165, 1.54) is 0 Å². The molecule has 2 rings (SSSR count). The van der Waals surface area contributed by atoms with Crippen molar-refractivity contribution in [2.45, 2.75) is 12.5 Å². The smallest absolute Gasteiger partial charge is 0.144 e. The molecule has 0 bridgehead atoms. The van der Waals surface area contributed by atoms with Crippen LogP contribution in [0.4, 0.5) is 5.69 Å². The van der Waals surface area contributed by atoms with Gasteiger partial charge in [0.25, 0.3) is 0 Å². The van der Waals surface area contributed by atoms with Crippen molar-refractivity contribution in [1.29, 1.82) is 0 Å². The number of benzene rings is 1. The van der Waals surface area contributed by atoms with Crippen molar-refractivity contribution in [2.24, 2.45) is 5.73 Å². The highest BCUT2D eigenvalue weighted by atomic mass is 35.5. The van der Waals surface area contributed by atoms with Crippen molar-refractivity contribution in [3.8, 4) is 5.75 Å². The summed E-state index contributed by atoms with van der Waals surface area (Å²) in [4.78, 5) is 0. The molecule has 1 aliphatic rings. The highest BCUT2D eigenvalue weighted by Gasteiger charge is 2.21. The van der Waals surface area contributed by atoms with E-state index in [1.54, 1.807) is 6.07 Å². The van der Waals surface area contributed by atoms with E-state index in [9.17, 15) is 0 Å². The van der Waals surface area contributed by atoms with E-state index >= 15 is 0 Å². The molecule has 1 atom stereocenters. The predicted molar refractivity (Wildman–Crippen MR) is 52.9 cm³/mol. The van der Waals surface area contributed by atoms with Crippen LogP contribution in [0.1, 0.15) is 18.0 Å². The van der Waals surface area contributed by atoms with Crippen LogP contribution >= 0.6 is 11.6 Å². The Bertz CT molecular complexity index is 341. The topological polar surface area (TPSA) is 61.3 Å². The fourth-order valence-electron chi connectivity index (χ4n) is 1.47. The van der Waals surface area contributed by atoms with E-state index in [1.807, 2.05) is 6.07 Å². The fraction of sp³-hybridized carbons (Fsp3) is 0.333. The summed E-state index contributed by atoms with van der Waals surface area (Å²) in [6.07, 6.45) is 0.827. The Balaban J connectivity index is 2.56. The largest absolute Gasteiger partial charge is 0.492 e. The predicted octanol–water partition coefficient (Wildman–Crippen LogP) is 1.70. The summed E-state index contributed by atoms with van der Waals surface area (Å²) in [6, 6.07) is 3.65. The van der Waals surface area contributed by atoms with Gasteiger partial charge in [-0.3, -0.25) is 0 Å². The lowest BCUT2D eigenvalue weighted by Gasteiger charge is -2.24. The van der Waals surface area contributed by atoms with Crippen molar-refractivity contribution >= 4 is 17.3 Å². The molecule has 0 radical (unpaired) electrons. The SMILES string of the molecule is Nc1ccc2c(c1Cl)OCC[C@@H]2N. The van der Waals surface area contributed by atoms with Gasteiger partial charge in [-0.25, -0.2) is 0 Å². The van der Waals surface area contributed by atoms with Gasteiger partial charge in [0.2, 0.25) is 0 Å². The summed E-state index contributed by atoms with van der Waals surface area (Å²) in [6.45, 7) is 0.608. The Morgan fingerprint density at radius 3 is 3.00 bits per heavy atom. The molecule has 0 spiro atoms. The average Bonchev–Trinajstić information content (AvgIpc) is 2.12. The first kappa shape index (κ1) is 8.66. The Kier molecular flexibility index (Phi) is 2.06. The zero-order valence-electron chi connectivity index (χ0n) is 7.09. The van der Waals surface area contributed by atoms with E-state index in [0.717, 1.165) is 12.0 Å². The zero-order chi connectivity index (χ0) is 9.42. The third-order valence-corrected chi connectivity index (χ3v) is 2.62. The zero-order valence-corrected chi connectivity index (χ0v) is 7.84. The van der Waals surface area contributed by atoms with Gasteiger partial charge in [-0.15, -0.1) is 0 Å². The Morgan fingerprint density at radius 1 is 1.46 bits per heavy atom. The van der Waals surface area contributed by atoms with Crippen LogP contribution in [-0.2, 0) is 0 Å². The molecule has 13 heavy (non-hydrogen) atoms. The molecule has 4 heteroatoms. The summed E-state index contributed by atoms with van der Waals surface area (Å²) in [5, 5.41) is 0.479. The van der Waals surface area contributed by atoms with Crippen molar-refractivity contribution < 1.29 is 4.74 Å². The monoisotopic (exact) mass is 198 g/mol. The Labute approximate surface area is 81.6 Å². The van der Waals surface area contributed by atoms with E-state index in [4.69, 9.17) is 27.8 Å². The minimum absolute atomic E-state index is 0.0156. The lowest BCUT2D eigenvalue weighted by Crippen LogP contribution is -2.20. The first-order chi connectivity index (χ1) is 6.20. The van der Waals surface area contributed by atoms with Crippen LogP contribution in [0.5, 0.6) is 5.75 Å². The number of ether oxygens (including phenoxy) is 1. The number of halogens is 1. The molecule has 0 fully saturated rings. The summed E-state index contributed by atoms with van der Waals surface area (Å²) in [5.41, 5.74) is 13.0. The molecule has 70 valence electrons. The van der Waals surface area contributed by atoms with Crippen molar-refractivity contribution in [3.05, 3.63) is 22.7 Å². The molecule has 0 amide bonds. The van der Waals surface area contributed by atoms with E-state index in [2.05, 4.69) is 0 Å². The van der Waals surface area contributed by atoms with Gasteiger partial charge in [0.15, 0.2) is 0 Å². The van der Waals surface area contributed by atoms with E-state index in [0.29, 0.717) is 23.1 Å². The fourth-order valence-corrected chi connectivity index (χ4v) is 1.70. The standard InChI is InChI=1S/C9H11ClN2O/c10-8-7(12)2-1-5-6(11)3-4-13-9(5)8/h1-2,6H,3-4,11-12H2/t6-/m0/s1. The molecule has 1 aliphatic heterocycles. The number of hydrogen-bond donors (Lipinski definition) is 2. The number of anilines is 1. The third-order valence-electron chi connectivity index (χ3n) is 2.23. The van der Waals surface area contributed by atoms with Crippen LogP contribution in [0.15, 0.2) is 12.1 Å². The van der Waals surface area contributed by atoms with E-state index < -0.39 is 0 Å². The maximum atomic E-state index is 5.97. The number of rotatable bonds is 0. The average molecular weight is 199 g/mol. The van der Waals surface area contributed by atoms with Crippen LogP contribution in [0.2, 0.25) is 5.02 Å². The Hall–Kier alpha value is -0.930. The maximum Gasteiger partial charge on any atom is 0.144 e.